The van der Waals surface area contributed by atoms with E-state index in [1.807, 2.05) is 13.1 Å². The molecule has 1 atom stereocenters. The molecule has 4 nitrogen and oxygen atoms in total. The molecular formula is C17H20N4. The minimum Gasteiger partial charge on any atom is -0.328 e. The van der Waals surface area contributed by atoms with Crippen LogP contribution in [0.2, 0.25) is 0 Å². The van der Waals surface area contributed by atoms with Crippen LogP contribution in [0.1, 0.15) is 24.1 Å². The summed E-state index contributed by atoms with van der Waals surface area (Å²) in [5.74, 6) is 0.932. The zero-order valence-corrected chi connectivity index (χ0v) is 12.7. The van der Waals surface area contributed by atoms with Gasteiger partial charge in [0, 0.05) is 24.3 Å². The summed E-state index contributed by atoms with van der Waals surface area (Å²) in [7, 11) is 0. The van der Waals surface area contributed by atoms with Crippen LogP contribution in [0.25, 0.3) is 22.6 Å². The highest BCUT2D eigenvalue weighted by Crippen LogP contribution is 2.27. The van der Waals surface area contributed by atoms with E-state index in [-0.39, 0.29) is 6.04 Å². The van der Waals surface area contributed by atoms with Crippen molar-refractivity contribution in [2.24, 2.45) is 5.73 Å². The van der Waals surface area contributed by atoms with Crippen molar-refractivity contribution in [1.82, 2.24) is 14.5 Å². The SMILES string of the molecule is Cc1ccc(-c2nc3cc(C)cnc3n2C(C)CN)cc1. The lowest BCUT2D eigenvalue weighted by atomic mass is 10.1. The lowest BCUT2D eigenvalue weighted by molar-refractivity contribution is 0.575. The maximum Gasteiger partial charge on any atom is 0.160 e. The third kappa shape index (κ3) is 2.43. The molecule has 3 rings (SSSR count). The Bertz CT molecular complexity index is 771. The minimum absolute atomic E-state index is 0.154. The third-order valence-corrected chi connectivity index (χ3v) is 3.76. The van der Waals surface area contributed by atoms with E-state index in [2.05, 4.69) is 53.7 Å². The Morgan fingerprint density at radius 2 is 1.86 bits per heavy atom. The van der Waals surface area contributed by atoms with Gasteiger partial charge >= 0.3 is 0 Å². The van der Waals surface area contributed by atoms with Crippen LogP contribution in [0.4, 0.5) is 0 Å². The second-order valence-corrected chi connectivity index (χ2v) is 5.61. The van der Waals surface area contributed by atoms with Crippen LogP contribution in [-0.2, 0) is 0 Å². The molecule has 2 heterocycles. The Morgan fingerprint density at radius 3 is 2.52 bits per heavy atom. The number of imidazole rings is 1. The Kier molecular flexibility index (Phi) is 3.47. The van der Waals surface area contributed by atoms with Gasteiger partial charge in [-0.25, -0.2) is 9.97 Å². The predicted octanol–water partition coefficient (Wildman–Crippen LogP) is 3.23. The summed E-state index contributed by atoms with van der Waals surface area (Å²) in [4.78, 5) is 9.35. The molecule has 0 aliphatic rings. The van der Waals surface area contributed by atoms with Crippen molar-refractivity contribution in [2.45, 2.75) is 26.8 Å². The van der Waals surface area contributed by atoms with Gasteiger partial charge in [-0.1, -0.05) is 29.8 Å². The van der Waals surface area contributed by atoms with Gasteiger partial charge < -0.3 is 10.3 Å². The van der Waals surface area contributed by atoms with Crippen molar-refractivity contribution in [2.75, 3.05) is 6.54 Å². The van der Waals surface area contributed by atoms with Gasteiger partial charge in [-0.05, 0) is 32.4 Å². The van der Waals surface area contributed by atoms with Crippen LogP contribution in [0, 0.1) is 13.8 Å². The first kappa shape index (κ1) is 13.8. The molecule has 0 radical (unpaired) electrons. The minimum atomic E-state index is 0.154. The smallest absolute Gasteiger partial charge is 0.160 e. The monoisotopic (exact) mass is 280 g/mol. The maximum atomic E-state index is 5.88. The summed E-state index contributed by atoms with van der Waals surface area (Å²) in [6.45, 7) is 6.77. The molecule has 21 heavy (non-hydrogen) atoms. The number of nitrogens with two attached hydrogens (primary N) is 1. The molecule has 0 saturated carbocycles. The average molecular weight is 280 g/mol. The van der Waals surface area contributed by atoms with Gasteiger partial charge in [0.25, 0.3) is 0 Å². The molecule has 2 N–H and O–H groups in total. The van der Waals surface area contributed by atoms with Gasteiger partial charge in [0.15, 0.2) is 5.65 Å². The average Bonchev–Trinajstić information content (AvgIpc) is 2.85. The van der Waals surface area contributed by atoms with E-state index >= 15 is 0 Å². The molecule has 2 aromatic heterocycles. The summed E-state index contributed by atoms with van der Waals surface area (Å²) in [6.07, 6.45) is 1.88. The number of benzene rings is 1. The highest BCUT2D eigenvalue weighted by atomic mass is 15.2. The Morgan fingerprint density at radius 1 is 1.14 bits per heavy atom. The number of fused-ring (bicyclic) bond motifs is 1. The largest absolute Gasteiger partial charge is 0.328 e. The standard InChI is InChI=1S/C17H20N4/c1-11-4-6-14(7-5-11)16-20-15-8-12(2)10-19-17(15)21(16)13(3)9-18/h4-8,10,13H,9,18H2,1-3H3. The number of hydrogen-bond donors (Lipinski definition) is 1. The van der Waals surface area contributed by atoms with Gasteiger partial charge in [0.2, 0.25) is 0 Å². The van der Waals surface area contributed by atoms with E-state index in [1.54, 1.807) is 0 Å². The number of nitrogens with zero attached hydrogens (tertiary/aromatic N) is 3. The molecule has 0 bridgehead atoms. The van der Waals surface area contributed by atoms with Crippen LogP contribution in [0.15, 0.2) is 36.5 Å². The molecule has 1 unspecified atom stereocenters. The van der Waals surface area contributed by atoms with Crippen LogP contribution in [0.3, 0.4) is 0 Å². The topological polar surface area (TPSA) is 56.7 Å². The van der Waals surface area contributed by atoms with Gasteiger partial charge in [0.1, 0.15) is 11.3 Å². The van der Waals surface area contributed by atoms with Crippen molar-refractivity contribution < 1.29 is 0 Å². The lowest BCUT2D eigenvalue weighted by Crippen LogP contribution is -2.17. The number of hydrogen-bond acceptors (Lipinski definition) is 3. The van der Waals surface area contributed by atoms with E-state index < -0.39 is 0 Å². The van der Waals surface area contributed by atoms with Crippen molar-refractivity contribution >= 4 is 11.2 Å². The molecule has 0 aliphatic carbocycles. The van der Waals surface area contributed by atoms with Crippen molar-refractivity contribution in [1.29, 1.82) is 0 Å². The van der Waals surface area contributed by atoms with Crippen molar-refractivity contribution in [3.8, 4) is 11.4 Å². The zero-order chi connectivity index (χ0) is 15.0. The fourth-order valence-corrected chi connectivity index (χ4v) is 2.51. The lowest BCUT2D eigenvalue weighted by Gasteiger charge is -2.15. The second kappa shape index (κ2) is 5.30. The van der Waals surface area contributed by atoms with Gasteiger partial charge in [-0.3, -0.25) is 0 Å². The molecule has 1 aromatic carbocycles. The number of aromatic nitrogens is 3. The van der Waals surface area contributed by atoms with E-state index in [9.17, 15) is 0 Å². The van der Waals surface area contributed by atoms with E-state index in [0.29, 0.717) is 6.54 Å². The first-order valence-corrected chi connectivity index (χ1v) is 7.22. The number of pyridine rings is 1. The van der Waals surface area contributed by atoms with Gasteiger partial charge in [-0.15, -0.1) is 0 Å². The fraction of sp³-hybridized carbons (Fsp3) is 0.294. The summed E-state index contributed by atoms with van der Waals surface area (Å²) in [5.41, 5.74) is 11.1. The Hall–Kier alpha value is -2.20. The molecule has 0 fully saturated rings. The van der Waals surface area contributed by atoms with E-state index in [4.69, 9.17) is 10.7 Å². The van der Waals surface area contributed by atoms with Crippen LogP contribution >= 0.6 is 0 Å². The van der Waals surface area contributed by atoms with Crippen LogP contribution in [0.5, 0.6) is 0 Å². The highest BCUT2D eigenvalue weighted by Gasteiger charge is 2.17. The molecule has 108 valence electrons. The molecule has 0 aliphatic heterocycles. The van der Waals surface area contributed by atoms with E-state index in [0.717, 1.165) is 28.1 Å². The first-order chi connectivity index (χ1) is 10.1. The predicted molar refractivity (Wildman–Crippen MR) is 86.2 cm³/mol. The van der Waals surface area contributed by atoms with Crippen molar-refractivity contribution in [3.63, 3.8) is 0 Å². The Labute approximate surface area is 124 Å². The molecular weight excluding hydrogens is 260 g/mol. The third-order valence-electron chi connectivity index (χ3n) is 3.76. The molecule has 0 saturated heterocycles. The van der Waals surface area contributed by atoms with Crippen LogP contribution in [-0.4, -0.2) is 21.1 Å². The molecule has 3 aromatic rings. The first-order valence-electron chi connectivity index (χ1n) is 7.22. The molecule has 4 heteroatoms. The summed E-state index contributed by atoms with van der Waals surface area (Å²) in [6, 6.07) is 10.6. The quantitative estimate of drug-likeness (QED) is 0.801. The maximum absolute atomic E-state index is 5.88. The van der Waals surface area contributed by atoms with Crippen LogP contribution < -0.4 is 5.73 Å². The normalized spacial score (nSPS) is 12.8. The summed E-state index contributed by atoms with van der Waals surface area (Å²) >= 11 is 0. The van der Waals surface area contributed by atoms with Gasteiger partial charge in [-0.2, -0.15) is 0 Å². The number of aryl methyl sites for hydroxylation is 2. The second-order valence-electron chi connectivity index (χ2n) is 5.61. The molecule has 0 spiro atoms. The summed E-state index contributed by atoms with van der Waals surface area (Å²) in [5, 5.41) is 0. The van der Waals surface area contributed by atoms with Crippen molar-refractivity contribution in [3.05, 3.63) is 47.7 Å². The fourth-order valence-electron chi connectivity index (χ4n) is 2.51. The summed E-state index contributed by atoms with van der Waals surface area (Å²) < 4.78 is 2.14. The highest BCUT2D eigenvalue weighted by molar-refractivity contribution is 5.78. The van der Waals surface area contributed by atoms with Gasteiger partial charge in [0.05, 0.1) is 0 Å². The number of rotatable bonds is 3. The molecule has 0 amide bonds. The Balaban J connectivity index is 2.27. The zero-order valence-electron chi connectivity index (χ0n) is 12.7. The van der Waals surface area contributed by atoms with E-state index in [1.165, 1.54) is 5.56 Å².